The van der Waals surface area contributed by atoms with Crippen LogP contribution in [0.5, 0.6) is 0 Å². The molecule has 1 aliphatic rings. The molecule has 1 fully saturated rings. The monoisotopic (exact) mass is 226 g/mol. The Bertz CT molecular complexity index is 392. The van der Waals surface area contributed by atoms with Crippen molar-refractivity contribution < 1.29 is 8.78 Å². The normalized spacial score (nSPS) is 21.9. The van der Waals surface area contributed by atoms with Crippen molar-refractivity contribution in [2.24, 2.45) is 11.3 Å². The van der Waals surface area contributed by atoms with Gasteiger partial charge >= 0.3 is 0 Å². The molecular formula is C12H16F2N2. The van der Waals surface area contributed by atoms with Crippen molar-refractivity contribution >= 4 is 11.4 Å². The van der Waals surface area contributed by atoms with Crippen LogP contribution in [0.15, 0.2) is 12.1 Å². The number of nitrogens with one attached hydrogen (secondary N) is 1. The van der Waals surface area contributed by atoms with Gasteiger partial charge in [0.15, 0.2) is 11.6 Å². The number of halogens is 2. The third-order valence-corrected chi connectivity index (χ3v) is 3.31. The molecule has 16 heavy (non-hydrogen) atoms. The molecule has 1 unspecified atom stereocenters. The summed E-state index contributed by atoms with van der Waals surface area (Å²) in [6, 6.07) is 2.26. The first-order valence-corrected chi connectivity index (χ1v) is 5.38. The number of hydrogen-bond donors (Lipinski definition) is 2. The van der Waals surface area contributed by atoms with E-state index >= 15 is 0 Å². The SMILES string of the molecule is CC1(C)CC1CNc1c(F)cc(N)cc1F. The Morgan fingerprint density at radius 2 is 1.88 bits per heavy atom. The number of benzene rings is 1. The van der Waals surface area contributed by atoms with Crippen molar-refractivity contribution in [1.29, 1.82) is 0 Å². The van der Waals surface area contributed by atoms with Crippen LogP contribution in [0, 0.1) is 23.0 Å². The summed E-state index contributed by atoms with van der Waals surface area (Å²) in [5.41, 5.74) is 5.66. The van der Waals surface area contributed by atoms with E-state index in [1.165, 1.54) is 0 Å². The number of anilines is 2. The van der Waals surface area contributed by atoms with Crippen molar-refractivity contribution in [2.45, 2.75) is 20.3 Å². The zero-order valence-electron chi connectivity index (χ0n) is 9.48. The van der Waals surface area contributed by atoms with Gasteiger partial charge in [-0.25, -0.2) is 8.78 Å². The van der Waals surface area contributed by atoms with Crippen LogP contribution in [0.2, 0.25) is 0 Å². The molecule has 2 nitrogen and oxygen atoms in total. The van der Waals surface area contributed by atoms with E-state index in [4.69, 9.17) is 5.73 Å². The number of hydrogen-bond acceptors (Lipinski definition) is 2. The molecular weight excluding hydrogens is 210 g/mol. The second-order valence-electron chi connectivity index (χ2n) is 5.13. The van der Waals surface area contributed by atoms with Gasteiger partial charge in [0.05, 0.1) is 0 Å². The molecule has 1 aromatic rings. The lowest BCUT2D eigenvalue weighted by atomic mass is 10.1. The van der Waals surface area contributed by atoms with Crippen molar-refractivity contribution in [3.63, 3.8) is 0 Å². The first-order chi connectivity index (χ1) is 7.40. The molecule has 4 heteroatoms. The van der Waals surface area contributed by atoms with Gasteiger partial charge in [-0.05, 0) is 29.9 Å². The molecule has 0 spiro atoms. The molecule has 1 saturated carbocycles. The lowest BCUT2D eigenvalue weighted by Crippen LogP contribution is -2.10. The Kier molecular flexibility index (Phi) is 2.52. The van der Waals surface area contributed by atoms with Crippen LogP contribution in [0.25, 0.3) is 0 Å². The maximum Gasteiger partial charge on any atom is 0.151 e. The fourth-order valence-corrected chi connectivity index (χ4v) is 1.91. The van der Waals surface area contributed by atoms with Gasteiger partial charge in [-0.3, -0.25) is 0 Å². The highest BCUT2D eigenvalue weighted by molar-refractivity contribution is 5.54. The molecule has 0 heterocycles. The summed E-state index contributed by atoms with van der Waals surface area (Å²) in [5.74, 6) is -0.768. The van der Waals surface area contributed by atoms with Crippen LogP contribution >= 0.6 is 0 Å². The second-order valence-corrected chi connectivity index (χ2v) is 5.13. The zero-order valence-corrected chi connectivity index (χ0v) is 9.48. The first kappa shape index (κ1) is 11.2. The molecule has 2 rings (SSSR count). The predicted octanol–water partition coefficient (Wildman–Crippen LogP) is 3.00. The Hall–Kier alpha value is -1.32. The average Bonchev–Trinajstić information content (AvgIpc) is 2.72. The van der Waals surface area contributed by atoms with E-state index in [1.54, 1.807) is 0 Å². The van der Waals surface area contributed by atoms with Gasteiger partial charge in [0, 0.05) is 12.2 Å². The lowest BCUT2D eigenvalue weighted by Gasteiger charge is -2.10. The molecule has 88 valence electrons. The van der Waals surface area contributed by atoms with Crippen LogP contribution in [0.1, 0.15) is 20.3 Å². The summed E-state index contributed by atoms with van der Waals surface area (Å²) in [4.78, 5) is 0. The van der Waals surface area contributed by atoms with Crippen molar-refractivity contribution in [3.8, 4) is 0 Å². The largest absolute Gasteiger partial charge is 0.399 e. The molecule has 0 aromatic heterocycles. The molecule has 1 atom stereocenters. The van der Waals surface area contributed by atoms with E-state index in [0.29, 0.717) is 17.9 Å². The van der Waals surface area contributed by atoms with Gasteiger partial charge in [0.25, 0.3) is 0 Å². The van der Waals surface area contributed by atoms with E-state index < -0.39 is 11.6 Å². The van der Waals surface area contributed by atoms with Crippen molar-refractivity contribution in [2.75, 3.05) is 17.6 Å². The van der Waals surface area contributed by atoms with E-state index in [0.717, 1.165) is 18.6 Å². The van der Waals surface area contributed by atoms with E-state index in [1.807, 2.05) is 0 Å². The van der Waals surface area contributed by atoms with Gasteiger partial charge in [-0.2, -0.15) is 0 Å². The number of rotatable bonds is 3. The molecule has 1 aromatic carbocycles. The highest BCUT2D eigenvalue weighted by atomic mass is 19.1. The van der Waals surface area contributed by atoms with Gasteiger partial charge in [-0.15, -0.1) is 0 Å². The second kappa shape index (κ2) is 3.61. The van der Waals surface area contributed by atoms with Gasteiger partial charge < -0.3 is 11.1 Å². The maximum atomic E-state index is 13.4. The van der Waals surface area contributed by atoms with E-state index in [9.17, 15) is 8.78 Å². The summed E-state index contributed by atoms with van der Waals surface area (Å²) >= 11 is 0. The van der Waals surface area contributed by atoms with Crippen LogP contribution in [-0.2, 0) is 0 Å². The number of nitrogen functional groups attached to an aromatic ring is 1. The molecule has 0 amide bonds. The van der Waals surface area contributed by atoms with Crippen LogP contribution in [0.3, 0.4) is 0 Å². The van der Waals surface area contributed by atoms with E-state index in [2.05, 4.69) is 19.2 Å². The van der Waals surface area contributed by atoms with E-state index in [-0.39, 0.29) is 11.4 Å². The Balaban J connectivity index is 2.05. The summed E-state index contributed by atoms with van der Waals surface area (Å²) in [6.07, 6.45) is 1.10. The highest BCUT2D eigenvalue weighted by Crippen LogP contribution is 2.51. The fourth-order valence-electron chi connectivity index (χ4n) is 1.91. The van der Waals surface area contributed by atoms with Gasteiger partial charge in [0.1, 0.15) is 5.69 Å². The Labute approximate surface area is 93.8 Å². The van der Waals surface area contributed by atoms with Gasteiger partial charge in [0.2, 0.25) is 0 Å². The van der Waals surface area contributed by atoms with Crippen LogP contribution in [0.4, 0.5) is 20.2 Å². The zero-order chi connectivity index (χ0) is 11.9. The summed E-state index contributed by atoms with van der Waals surface area (Å²) in [7, 11) is 0. The molecule has 3 N–H and O–H groups in total. The third-order valence-electron chi connectivity index (χ3n) is 3.31. The Morgan fingerprint density at radius 1 is 1.38 bits per heavy atom. The Morgan fingerprint density at radius 3 is 2.31 bits per heavy atom. The van der Waals surface area contributed by atoms with Crippen molar-refractivity contribution in [3.05, 3.63) is 23.8 Å². The molecule has 0 aliphatic heterocycles. The molecule has 0 bridgehead atoms. The highest BCUT2D eigenvalue weighted by Gasteiger charge is 2.45. The van der Waals surface area contributed by atoms with Gasteiger partial charge in [-0.1, -0.05) is 13.8 Å². The van der Waals surface area contributed by atoms with Crippen molar-refractivity contribution in [1.82, 2.24) is 0 Å². The first-order valence-electron chi connectivity index (χ1n) is 5.38. The van der Waals surface area contributed by atoms with Crippen LogP contribution in [-0.4, -0.2) is 6.54 Å². The molecule has 1 aliphatic carbocycles. The van der Waals surface area contributed by atoms with Crippen LogP contribution < -0.4 is 11.1 Å². The average molecular weight is 226 g/mol. The standard InChI is InChI=1S/C12H16F2N2/c1-12(2)5-7(12)6-16-11-9(13)3-8(15)4-10(11)14/h3-4,7,16H,5-6,15H2,1-2H3. The summed E-state index contributed by atoms with van der Waals surface area (Å²) < 4.78 is 26.8. The minimum Gasteiger partial charge on any atom is -0.399 e. The molecule has 0 saturated heterocycles. The smallest absolute Gasteiger partial charge is 0.151 e. The fraction of sp³-hybridized carbons (Fsp3) is 0.500. The summed E-state index contributed by atoms with van der Waals surface area (Å²) in [6.45, 7) is 4.90. The maximum absolute atomic E-state index is 13.4. The summed E-state index contributed by atoms with van der Waals surface area (Å²) in [5, 5.41) is 2.82. The minimum absolute atomic E-state index is 0.0723. The lowest BCUT2D eigenvalue weighted by molar-refractivity contribution is 0.562. The quantitative estimate of drug-likeness (QED) is 0.777. The molecule has 0 radical (unpaired) electrons. The third kappa shape index (κ3) is 2.10. The topological polar surface area (TPSA) is 38.0 Å². The minimum atomic E-state index is -0.629. The number of nitrogens with two attached hydrogens (primary N) is 1. The predicted molar refractivity (Wildman–Crippen MR) is 61.1 cm³/mol.